The zero-order valence-electron chi connectivity index (χ0n) is 11.3. The number of nitrogens with one attached hydrogen (secondary N) is 1. The number of ether oxygens (including phenoxy) is 1. The first kappa shape index (κ1) is 16.7. The van der Waals surface area contributed by atoms with Crippen LogP contribution < -0.4 is 5.32 Å². The molecule has 0 aliphatic rings. The van der Waals surface area contributed by atoms with Gasteiger partial charge in [-0.25, -0.2) is 4.79 Å². The fourth-order valence-corrected chi connectivity index (χ4v) is 1.97. The molecule has 0 saturated carbocycles. The number of amides is 1. The number of carbonyl (C=O) groups excluding carboxylic acids is 1. The maximum atomic E-state index is 11.7. The Labute approximate surface area is 126 Å². The first-order valence-corrected chi connectivity index (χ1v) is 7.10. The molecular formula is C14H18BrNO4. The summed E-state index contributed by atoms with van der Waals surface area (Å²) in [7, 11) is 1.61. The number of halogens is 1. The van der Waals surface area contributed by atoms with Crippen molar-refractivity contribution in [3.63, 3.8) is 0 Å². The number of carbonyl (C=O) groups is 2. The quantitative estimate of drug-likeness (QED) is 0.711. The van der Waals surface area contributed by atoms with Gasteiger partial charge in [0, 0.05) is 24.6 Å². The van der Waals surface area contributed by atoms with Crippen molar-refractivity contribution in [3.8, 4) is 0 Å². The second kappa shape index (κ2) is 8.71. The molecule has 0 aromatic heterocycles. The number of hydrogen-bond donors (Lipinski definition) is 2. The van der Waals surface area contributed by atoms with E-state index in [1.807, 2.05) is 0 Å². The van der Waals surface area contributed by atoms with Crippen molar-refractivity contribution in [1.82, 2.24) is 5.32 Å². The van der Waals surface area contributed by atoms with Crippen LogP contribution in [0.1, 0.15) is 30.9 Å². The van der Waals surface area contributed by atoms with E-state index in [1.54, 1.807) is 31.4 Å². The molecule has 0 bridgehead atoms. The summed E-state index contributed by atoms with van der Waals surface area (Å²) in [4.78, 5) is 23.0. The predicted molar refractivity (Wildman–Crippen MR) is 78.4 cm³/mol. The molecular weight excluding hydrogens is 326 g/mol. The third kappa shape index (κ3) is 5.71. The summed E-state index contributed by atoms with van der Waals surface area (Å²) in [6.07, 6.45) is 1.75. The molecule has 6 heteroatoms. The van der Waals surface area contributed by atoms with Crippen LogP contribution in [0.4, 0.5) is 0 Å². The molecule has 1 unspecified atom stereocenters. The van der Waals surface area contributed by atoms with Crippen molar-refractivity contribution in [2.75, 3.05) is 13.7 Å². The van der Waals surface area contributed by atoms with Crippen LogP contribution in [0.5, 0.6) is 0 Å². The predicted octanol–water partition coefficient (Wildman–Crippen LogP) is 2.51. The first-order chi connectivity index (χ1) is 9.54. The lowest BCUT2D eigenvalue weighted by atomic mass is 10.1. The largest absolute Gasteiger partial charge is 0.479 e. The molecule has 0 heterocycles. The maximum absolute atomic E-state index is 11.7. The summed E-state index contributed by atoms with van der Waals surface area (Å²) < 4.78 is 5.75. The number of carboxylic acids is 1. The number of carboxylic acid groups (broad SMARTS) is 1. The number of aliphatic carboxylic acids is 1. The van der Waals surface area contributed by atoms with Gasteiger partial charge < -0.3 is 15.2 Å². The summed E-state index contributed by atoms with van der Waals surface area (Å²) in [5, 5.41) is 11.7. The summed E-state index contributed by atoms with van der Waals surface area (Å²) in [6.45, 7) is 0.600. The Bertz CT molecular complexity index is 447. The Morgan fingerprint density at radius 2 is 1.95 bits per heavy atom. The average Bonchev–Trinajstić information content (AvgIpc) is 2.42. The summed E-state index contributed by atoms with van der Waals surface area (Å²) in [5.74, 6) is -1.34. The zero-order chi connectivity index (χ0) is 15.0. The van der Waals surface area contributed by atoms with Crippen LogP contribution in [0.15, 0.2) is 28.7 Å². The minimum absolute atomic E-state index is 0.267. The van der Waals surface area contributed by atoms with Crippen molar-refractivity contribution in [2.24, 2.45) is 0 Å². The van der Waals surface area contributed by atoms with Crippen molar-refractivity contribution in [3.05, 3.63) is 34.3 Å². The number of hydrogen-bond acceptors (Lipinski definition) is 3. The standard InChI is InChI=1S/C14H18BrNO4/c1-20-9-3-2-4-12(17)16-13(14(18)19)10-5-7-11(15)8-6-10/h5-8,13H,2-4,9H2,1H3,(H,16,17)(H,18,19). The molecule has 5 nitrogen and oxygen atoms in total. The van der Waals surface area contributed by atoms with Crippen molar-refractivity contribution < 1.29 is 19.4 Å². The summed E-state index contributed by atoms with van der Waals surface area (Å²) in [6, 6.07) is 5.83. The smallest absolute Gasteiger partial charge is 0.330 e. The van der Waals surface area contributed by atoms with E-state index in [9.17, 15) is 14.7 Å². The molecule has 2 N–H and O–H groups in total. The third-order valence-corrected chi connectivity index (χ3v) is 3.29. The van der Waals surface area contributed by atoms with Crippen LogP contribution in [-0.4, -0.2) is 30.7 Å². The summed E-state index contributed by atoms with van der Waals surface area (Å²) >= 11 is 3.28. The van der Waals surface area contributed by atoms with Crippen molar-refractivity contribution >= 4 is 27.8 Å². The molecule has 0 aliphatic carbocycles. The van der Waals surface area contributed by atoms with Crippen LogP contribution in [-0.2, 0) is 14.3 Å². The van der Waals surface area contributed by atoms with Gasteiger partial charge >= 0.3 is 5.97 Å². The molecule has 0 radical (unpaired) electrons. The van der Waals surface area contributed by atoms with Gasteiger partial charge in [-0.1, -0.05) is 28.1 Å². The average molecular weight is 344 g/mol. The molecule has 20 heavy (non-hydrogen) atoms. The number of rotatable bonds is 8. The Morgan fingerprint density at radius 1 is 1.30 bits per heavy atom. The molecule has 1 atom stereocenters. The highest BCUT2D eigenvalue weighted by molar-refractivity contribution is 9.10. The van der Waals surface area contributed by atoms with Gasteiger partial charge in [-0.05, 0) is 30.5 Å². The van der Waals surface area contributed by atoms with Crippen LogP contribution >= 0.6 is 15.9 Å². The highest BCUT2D eigenvalue weighted by Crippen LogP contribution is 2.17. The van der Waals surface area contributed by atoms with Gasteiger partial charge in [0.1, 0.15) is 0 Å². The number of unbranched alkanes of at least 4 members (excludes halogenated alkanes) is 1. The van der Waals surface area contributed by atoms with E-state index in [-0.39, 0.29) is 5.91 Å². The van der Waals surface area contributed by atoms with Gasteiger partial charge in [-0.2, -0.15) is 0 Å². The van der Waals surface area contributed by atoms with Crippen LogP contribution in [0.25, 0.3) is 0 Å². The van der Waals surface area contributed by atoms with E-state index in [4.69, 9.17) is 4.74 Å². The highest BCUT2D eigenvalue weighted by atomic mass is 79.9. The lowest BCUT2D eigenvalue weighted by Gasteiger charge is -2.15. The van der Waals surface area contributed by atoms with E-state index in [2.05, 4.69) is 21.2 Å². The van der Waals surface area contributed by atoms with Gasteiger partial charge in [0.15, 0.2) is 6.04 Å². The van der Waals surface area contributed by atoms with Crippen LogP contribution in [0.3, 0.4) is 0 Å². The van der Waals surface area contributed by atoms with Gasteiger partial charge in [0.25, 0.3) is 0 Å². The zero-order valence-corrected chi connectivity index (χ0v) is 12.9. The highest BCUT2D eigenvalue weighted by Gasteiger charge is 2.21. The fraction of sp³-hybridized carbons (Fsp3) is 0.429. The molecule has 1 aromatic rings. The van der Waals surface area contributed by atoms with Gasteiger partial charge in [-0.3, -0.25) is 4.79 Å². The lowest BCUT2D eigenvalue weighted by Crippen LogP contribution is -2.33. The van der Waals surface area contributed by atoms with Gasteiger partial charge in [0.05, 0.1) is 0 Å². The third-order valence-electron chi connectivity index (χ3n) is 2.76. The Morgan fingerprint density at radius 3 is 2.50 bits per heavy atom. The minimum Gasteiger partial charge on any atom is -0.479 e. The van der Waals surface area contributed by atoms with E-state index in [0.29, 0.717) is 25.0 Å². The van der Waals surface area contributed by atoms with Gasteiger partial charge in [0.2, 0.25) is 5.91 Å². The second-order valence-corrected chi connectivity index (χ2v) is 5.26. The van der Waals surface area contributed by atoms with Crippen LogP contribution in [0.2, 0.25) is 0 Å². The Kier molecular flexibility index (Phi) is 7.25. The maximum Gasteiger partial charge on any atom is 0.330 e. The molecule has 0 spiro atoms. The van der Waals surface area contributed by atoms with Crippen LogP contribution in [0, 0.1) is 0 Å². The van der Waals surface area contributed by atoms with E-state index in [0.717, 1.165) is 10.9 Å². The van der Waals surface area contributed by atoms with Crippen molar-refractivity contribution in [2.45, 2.75) is 25.3 Å². The van der Waals surface area contributed by atoms with E-state index in [1.165, 1.54) is 0 Å². The SMILES string of the molecule is COCCCCC(=O)NC(C(=O)O)c1ccc(Br)cc1. The molecule has 0 fully saturated rings. The monoisotopic (exact) mass is 343 g/mol. The summed E-state index contributed by atoms with van der Waals surface area (Å²) in [5.41, 5.74) is 0.547. The topological polar surface area (TPSA) is 75.6 Å². The van der Waals surface area contributed by atoms with Gasteiger partial charge in [-0.15, -0.1) is 0 Å². The molecule has 110 valence electrons. The Hall–Kier alpha value is -1.40. The molecule has 0 aliphatic heterocycles. The normalized spacial score (nSPS) is 11.9. The van der Waals surface area contributed by atoms with E-state index < -0.39 is 12.0 Å². The fourth-order valence-electron chi connectivity index (χ4n) is 1.71. The number of benzene rings is 1. The number of methoxy groups -OCH3 is 1. The van der Waals surface area contributed by atoms with Crippen molar-refractivity contribution in [1.29, 1.82) is 0 Å². The molecule has 1 amide bonds. The minimum atomic E-state index is -1.07. The second-order valence-electron chi connectivity index (χ2n) is 4.34. The first-order valence-electron chi connectivity index (χ1n) is 6.31. The molecule has 0 saturated heterocycles. The molecule has 1 aromatic carbocycles. The van der Waals surface area contributed by atoms with E-state index >= 15 is 0 Å². The lowest BCUT2D eigenvalue weighted by molar-refractivity contribution is -0.142. The Balaban J connectivity index is 2.57. The molecule has 1 rings (SSSR count).